The molecule has 13 rings (SSSR count). The van der Waals surface area contributed by atoms with Crippen molar-refractivity contribution in [3.05, 3.63) is 426 Å². The third-order valence-electron chi connectivity index (χ3n) is 14.3. The van der Waals surface area contributed by atoms with Crippen molar-refractivity contribution >= 4 is 34.8 Å². The number of methoxy groups -OCH3 is 3. The number of benzene rings is 13. The molecule has 108 heavy (non-hydrogen) atoms. The molecule has 0 saturated carbocycles. The van der Waals surface area contributed by atoms with Crippen molar-refractivity contribution < 1.29 is 47.8 Å². The van der Waals surface area contributed by atoms with Crippen molar-refractivity contribution in [2.45, 2.75) is 96.6 Å². The van der Waals surface area contributed by atoms with E-state index in [9.17, 15) is 13.2 Å². The molecule has 0 heterocycles. The number of phenolic OH excluding ortho intramolecular Hbond substituents is 3. The van der Waals surface area contributed by atoms with E-state index in [-0.39, 0.29) is 24.1 Å². The molecule has 7 nitrogen and oxygen atoms in total. The van der Waals surface area contributed by atoms with Crippen molar-refractivity contribution in [3.8, 4) is 34.5 Å². The molecule has 0 amide bonds. The Kier molecular flexibility index (Phi) is 50.7. The molecule has 0 saturated heterocycles. The van der Waals surface area contributed by atoms with Crippen LogP contribution in [0.1, 0.15) is 77.9 Å². The van der Waals surface area contributed by atoms with Crippen molar-refractivity contribution in [2.24, 2.45) is 0 Å². The summed E-state index contributed by atoms with van der Waals surface area (Å²) in [4.78, 5) is 0. The van der Waals surface area contributed by atoms with E-state index in [0.717, 1.165) is 65.7 Å². The smallest absolute Gasteiger partial charge is 0.126 e. The van der Waals surface area contributed by atoms with E-state index in [2.05, 4.69) is 6.92 Å². The van der Waals surface area contributed by atoms with Gasteiger partial charge >= 0.3 is 0 Å². The van der Waals surface area contributed by atoms with Crippen LogP contribution >= 0.6 is 34.8 Å². The second-order valence-electron chi connectivity index (χ2n) is 24.3. The molecule has 0 fully saturated rings. The van der Waals surface area contributed by atoms with Crippen LogP contribution in [0.25, 0.3) is 0 Å². The molecule has 0 aliphatic carbocycles. The number of ether oxygens (including phenoxy) is 3. The molecule has 13 heteroatoms. The van der Waals surface area contributed by atoms with E-state index < -0.39 is 0 Å². The lowest BCUT2D eigenvalue weighted by Gasteiger charge is -2.00. The zero-order valence-corrected chi connectivity index (χ0v) is 67.3. The number of aliphatic hydroxyl groups is 1. The van der Waals surface area contributed by atoms with Gasteiger partial charge in [-0.25, -0.2) is 13.2 Å². The molecule has 13 aromatic carbocycles. The molecule has 0 atom stereocenters. The van der Waals surface area contributed by atoms with Crippen LogP contribution in [-0.4, -0.2) is 41.8 Å². The lowest BCUT2D eigenvalue weighted by Crippen LogP contribution is -1.84. The van der Waals surface area contributed by atoms with E-state index in [4.69, 9.17) is 69.4 Å². The second-order valence-corrected chi connectivity index (χ2v) is 25.6. The fourth-order valence-corrected chi connectivity index (χ4v) is 8.63. The Bertz CT molecular complexity index is 3950. The molecule has 0 radical (unpaired) electrons. The van der Waals surface area contributed by atoms with E-state index in [0.29, 0.717) is 22.8 Å². The first kappa shape index (κ1) is 95.3. The Labute approximate surface area is 656 Å². The highest BCUT2D eigenvalue weighted by Gasteiger charge is 1.95. The molecule has 13 aromatic rings. The number of aromatic hydroxyl groups is 3. The summed E-state index contributed by atoms with van der Waals surface area (Å²) < 4.78 is 51.6. The molecule has 4 N–H and O–H groups in total. The topological polar surface area (TPSA) is 109 Å². The Morgan fingerprint density at radius 3 is 1.00 bits per heavy atom. The standard InChI is InChI=1S/4C8H10O.3C7H7Cl.3C7H7F.3C7H8O/c1-7-3-5-8(9-2)6-4-7;1-7-4-3-5-8(6-7)9-2;1-7-5-3-4-6-8(7)9-2;1-7-3-2-4-8(5-7)6-9;1-6-2-4-7(8)5-3-6;1-6-3-2-4-7(8)5-6;1-6-4-2-3-5-7(6)8;1-6-2-4-7(8)5-3-6;1-6-3-2-4-7(8)5-6;1-6-4-2-3-5-7(6)8;1-6-2-4-7(8)5-3-6;1-6-3-2-4-7(8)5-6;1-6-4-2-3-5-7(6)8/h3*3-6H,1-2H3;2-5,9H,6H2,1H3;6*2-5H,1H3;3*2-5,8H,1H3. The predicted molar refractivity (Wildman–Crippen MR) is 451 cm³/mol. The predicted octanol–water partition coefficient (Wildman–Crippen LogP) is 26.9. The van der Waals surface area contributed by atoms with Gasteiger partial charge in [0.2, 0.25) is 0 Å². The molecule has 0 aromatic heterocycles. The van der Waals surface area contributed by atoms with Gasteiger partial charge in [0.25, 0.3) is 0 Å². The summed E-state index contributed by atoms with van der Waals surface area (Å²) in [6, 6.07) is 96.1. The minimum absolute atomic E-state index is 0.132. The maximum Gasteiger partial charge on any atom is 0.126 e. The van der Waals surface area contributed by atoms with Gasteiger partial charge in [-0.15, -0.1) is 0 Å². The van der Waals surface area contributed by atoms with Gasteiger partial charge in [0.15, 0.2) is 0 Å². The minimum Gasteiger partial charge on any atom is -0.508 e. The zero-order chi connectivity index (χ0) is 80.6. The first-order valence-corrected chi connectivity index (χ1v) is 35.6. The average molecular weight is 1520 g/mol. The third-order valence-corrected chi connectivity index (χ3v) is 15.3. The number of halogens is 6. The van der Waals surface area contributed by atoms with Gasteiger partial charge in [-0.05, 0) is 261 Å². The molecular weight excluding hydrogens is 1420 g/mol. The Morgan fingerprint density at radius 1 is 0.278 bits per heavy atom. The molecule has 0 aliphatic rings. The number of hydrogen-bond acceptors (Lipinski definition) is 7. The molecule has 0 spiro atoms. The summed E-state index contributed by atoms with van der Waals surface area (Å²) >= 11 is 17.0. The third kappa shape index (κ3) is 49.1. The fraction of sp³-hybridized carbons (Fsp3) is 0.179. The van der Waals surface area contributed by atoms with Crippen molar-refractivity contribution in [1.29, 1.82) is 0 Å². The number of para-hydroxylation sites is 2. The normalized spacial score (nSPS) is 9.21. The highest BCUT2D eigenvalue weighted by Crippen LogP contribution is 2.18. The van der Waals surface area contributed by atoms with Crippen LogP contribution in [0.5, 0.6) is 34.5 Å². The van der Waals surface area contributed by atoms with Crippen LogP contribution in [0.2, 0.25) is 15.1 Å². The number of phenols is 3. The fourth-order valence-electron chi connectivity index (χ4n) is 8.13. The van der Waals surface area contributed by atoms with E-state index >= 15 is 0 Å². The SMILES string of the molecule is COc1ccc(C)cc1.COc1cccc(C)c1.COc1ccccc1C.Cc1ccc(Cl)cc1.Cc1ccc(F)cc1.Cc1ccc(O)cc1.Cc1cccc(CO)c1.Cc1cccc(Cl)c1.Cc1cccc(F)c1.Cc1cccc(O)c1.Cc1ccccc1Cl.Cc1ccccc1F.Cc1ccccc1O. The minimum atomic E-state index is -0.171. The molecule has 0 unspecified atom stereocenters. The number of aryl methyl sites for hydroxylation is 13. The van der Waals surface area contributed by atoms with Gasteiger partial charge in [0, 0.05) is 15.1 Å². The Hall–Kier alpha value is -10.7. The van der Waals surface area contributed by atoms with Crippen molar-refractivity contribution in [2.75, 3.05) is 21.3 Å². The number of aliphatic hydroxyl groups excluding tert-OH is 1. The monoisotopic (exact) mass is 1520 g/mol. The lowest BCUT2D eigenvalue weighted by molar-refractivity contribution is 0.282. The van der Waals surface area contributed by atoms with Crippen LogP contribution in [0.4, 0.5) is 13.2 Å². The summed E-state index contributed by atoms with van der Waals surface area (Å²) in [5, 5.41) is 37.6. The maximum absolute atomic E-state index is 12.3. The summed E-state index contributed by atoms with van der Waals surface area (Å²) in [6.07, 6.45) is 0. The summed E-state index contributed by atoms with van der Waals surface area (Å²) in [6.45, 7) is 25.7. The first-order chi connectivity index (χ1) is 51.5. The molecule has 0 aliphatic heterocycles. The van der Waals surface area contributed by atoms with Crippen LogP contribution in [0.3, 0.4) is 0 Å². The van der Waals surface area contributed by atoms with Crippen molar-refractivity contribution in [1.82, 2.24) is 0 Å². The quantitative estimate of drug-likeness (QED) is 0.139. The second kappa shape index (κ2) is 57.5. The van der Waals surface area contributed by atoms with Gasteiger partial charge in [0.05, 0.1) is 27.9 Å². The average Bonchev–Trinajstić information content (AvgIpc) is 0.935. The Morgan fingerprint density at radius 2 is 0.694 bits per heavy atom. The summed E-state index contributed by atoms with van der Waals surface area (Å²) in [7, 11) is 5.03. The van der Waals surface area contributed by atoms with Crippen LogP contribution in [0, 0.1) is 107 Å². The Balaban J connectivity index is 0.000000585. The number of hydrogen-bond donors (Lipinski definition) is 4. The highest BCUT2D eigenvalue weighted by atomic mass is 35.5. The van der Waals surface area contributed by atoms with E-state index in [1.807, 2.05) is 301 Å². The number of rotatable bonds is 4. The molecule has 0 bridgehead atoms. The van der Waals surface area contributed by atoms with Gasteiger partial charge in [-0.1, -0.05) is 257 Å². The van der Waals surface area contributed by atoms with Crippen LogP contribution < -0.4 is 14.2 Å². The van der Waals surface area contributed by atoms with Gasteiger partial charge in [-0.3, -0.25) is 0 Å². The summed E-state index contributed by atoms with van der Waals surface area (Å²) in [5.41, 5.74) is 15.4. The molecule has 570 valence electrons. The first-order valence-electron chi connectivity index (χ1n) is 34.5. The zero-order valence-electron chi connectivity index (χ0n) is 65.0. The van der Waals surface area contributed by atoms with Gasteiger partial charge in [-0.2, -0.15) is 0 Å². The van der Waals surface area contributed by atoms with Gasteiger partial charge in [0.1, 0.15) is 51.9 Å². The largest absolute Gasteiger partial charge is 0.508 e. The maximum atomic E-state index is 12.3. The van der Waals surface area contributed by atoms with Gasteiger partial charge < -0.3 is 34.6 Å². The van der Waals surface area contributed by atoms with Crippen LogP contribution in [-0.2, 0) is 6.61 Å². The van der Waals surface area contributed by atoms with Crippen LogP contribution in [0.15, 0.2) is 315 Å². The molecular formula is C95H106Cl3F3O7. The van der Waals surface area contributed by atoms with E-state index in [1.54, 1.807) is 88.9 Å². The van der Waals surface area contributed by atoms with Crippen molar-refractivity contribution in [3.63, 3.8) is 0 Å². The lowest BCUT2D eigenvalue weighted by atomic mass is 10.1. The van der Waals surface area contributed by atoms with E-state index in [1.165, 1.54) is 69.3 Å². The summed E-state index contributed by atoms with van der Waals surface area (Å²) in [5.74, 6) is 3.37. The highest BCUT2D eigenvalue weighted by molar-refractivity contribution is 6.31.